The number of ether oxygens (including phenoxy) is 2. The average molecular weight is 439 g/mol. The molecule has 0 aliphatic heterocycles. The lowest BCUT2D eigenvalue weighted by molar-refractivity contribution is 0.304. The van der Waals surface area contributed by atoms with E-state index < -0.39 is 0 Å². The van der Waals surface area contributed by atoms with Crippen molar-refractivity contribution in [2.75, 3.05) is 13.2 Å². The van der Waals surface area contributed by atoms with E-state index in [0.29, 0.717) is 24.3 Å². The Bertz CT molecular complexity index is 1120. The Morgan fingerprint density at radius 3 is 1.55 bits per heavy atom. The van der Waals surface area contributed by atoms with E-state index in [2.05, 4.69) is 19.1 Å². The number of hydrogen-bond donors (Lipinski definition) is 0. The van der Waals surface area contributed by atoms with Gasteiger partial charge in [0.25, 0.3) is 0 Å². The van der Waals surface area contributed by atoms with Gasteiger partial charge in [-0.2, -0.15) is 10.5 Å². The van der Waals surface area contributed by atoms with Crippen molar-refractivity contribution in [1.29, 1.82) is 10.5 Å². The van der Waals surface area contributed by atoms with E-state index in [-0.39, 0.29) is 0 Å². The van der Waals surface area contributed by atoms with Gasteiger partial charge in [0.1, 0.15) is 23.6 Å². The molecule has 0 atom stereocenters. The van der Waals surface area contributed by atoms with Crippen LogP contribution in [0.15, 0.2) is 60.7 Å². The Morgan fingerprint density at radius 2 is 1.09 bits per heavy atom. The van der Waals surface area contributed by atoms with E-state index >= 15 is 0 Å². The third kappa shape index (κ3) is 6.15. The molecule has 3 aromatic rings. The summed E-state index contributed by atoms with van der Waals surface area (Å²) in [6.07, 6.45) is 6.01. The van der Waals surface area contributed by atoms with Crippen LogP contribution < -0.4 is 9.47 Å². The number of benzene rings is 3. The molecule has 0 fully saturated rings. The zero-order valence-corrected chi connectivity index (χ0v) is 19.4. The molecule has 0 unspecified atom stereocenters. The lowest BCUT2D eigenvalue weighted by Crippen LogP contribution is -1.97. The highest BCUT2D eigenvalue weighted by Crippen LogP contribution is 2.34. The van der Waals surface area contributed by atoms with Crippen LogP contribution in [0.4, 0.5) is 0 Å². The molecule has 168 valence electrons. The fourth-order valence-electron chi connectivity index (χ4n) is 3.84. The van der Waals surface area contributed by atoms with Gasteiger partial charge in [0.05, 0.1) is 24.3 Å². The van der Waals surface area contributed by atoms with Crippen molar-refractivity contribution < 1.29 is 9.47 Å². The first-order valence-electron chi connectivity index (χ1n) is 11.7. The van der Waals surface area contributed by atoms with Gasteiger partial charge in [0.2, 0.25) is 0 Å². The molecule has 4 heteroatoms. The molecule has 0 aliphatic carbocycles. The standard InChI is InChI=1S/C29H30N2O2/c1-3-5-6-7-8-19-33-25-15-11-23(12-16-25)27-18-17-26(28(20-30)29(27)21-31)22-9-13-24(14-10-22)32-4-2/h9-18H,3-8,19H2,1-2H3. The molecule has 3 aromatic carbocycles. The first-order valence-corrected chi connectivity index (χ1v) is 11.7. The molecule has 33 heavy (non-hydrogen) atoms. The van der Waals surface area contributed by atoms with Crippen molar-refractivity contribution in [2.24, 2.45) is 0 Å². The Labute approximate surface area is 197 Å². The van der Waals surface area contributed by atoms with Gasteiger partial charge in [-0.25, -0.2) is 0 Å². The van der Waals surface area contributed by atoms with E-state index in [4.69, 9.17) is 9.47 Å². The van der Waals surface area contributed by atoms with Gasteiger partial charge < -0.3 is 9.47 Å². The predicted octanol–water partition coefficient (Wildman–Crippen LogP) is 7.51. The summed E-state index contributed by atoms with van der Waals surface area (Å²) >= 11 is 0. The monoisotopic (exact) mass is 438 g/mol. The second-order valence-electron chi connectivity index (χ2n) is 7.88. The molecule has 3 rings (SSSR count). The summed E-state index contributed by atoms with van der Waals surface area (Å²) in [4.78, 5) is 0. The molecule has 0 N–H and O–H groups in total. The van der Waals surface area contributed by atoms with Crippen LogP contribution in [0.1, 0.15) is 57.1 Å². The summed E-state index contributed by atoms with van der Waals surface area (Å²) < 4.78 is 11.4. The van der Waals surface area contributed by atoms with Crippen LogP contribution >= 0.6 is 0 Å². The molecule has 0 amide bonds. The van der Waals surface area contributed by atoms with Crippen LogP contribution in [-0.4, -0.2) is 13.2 Å². The summed E-state index contributed by atoms with van der Waals surface area (Å²) in [5.41, 5.74) is 4.01. The largest absolute Gasteiger partial charge is 0.494 e. The van der Waals surface area contributed by atoms with Crippen LogP contribution in [0, 0.1) is 22.7 Å². The maximum absolute atomic E-state index is 9.89. The molecule has 0 radical (unpaired) electrons. The Morgan fingerprint density at radius 1 is 0.606 bits per heavy atom. The summed E-state index contributed by atoms with van der Waals surface area (Å²) in [6, 6.07) is 23.6. The van der Waals surface area contributed by atoms with E-state index in [9.17, 15) is 10.5 Å². The van der Waals surface area contributed by atoms with Gasteiger partial charge in [-0.1, -0.05) is 69.0 Å². The Hall–Kier alpha value is -3.76. The highest BCUT2D eigenvalue weighted by atomic mass is 16.5. The first kappa shape index (κ1) is 23.9. The fourth-order valence-corrected chi connectivity index (χ4v) is 3.84. The molecule has 0 heterocycles. The SMILES string of the molecule is CCCCCCCOc1ccc(-c2ccc(-c3ccc(OCC)cc3)c(C#N)c2C#N)cc1. The molecular weight excluding hydrogens is 408 g/mol. The Balaban J connectivity index is 1.80. The molecule has 0 aromatic heterocycles. The molecule has 0 bridgehead atoms. The van der Waals surface area contributed by atoms with Crippen molar-refractivity contribution in [3.63, 3.8) is 0 Å². The smallest absolute Gasteiger partial charge is 0.119 e. The van der Waals surface area contributed by atoms with Crippen molar-refractivity contribution in [1.82, 2.24) is 0 Å². The van der Waals surface area contributed by atoms with Crippen molar-refractivity contribution >= 4 is 0 Å². The maximum Gasteiger partial charge on any atom is 0.119 e. The molecular formula is C29H30N2O2. The lowest BCUT2D eigenvalue weighted by atomic mass is 9.90. The fraction of sp³-hybridized carbons (Fsp3) is 0.310. The number of unbranched alkanes of at least 4 members (excludes halogenated alkanes) is 4. The van der Waals surface area contributed by atoms with Crippen LogP contribution in [0.5, 0.6) is 11.5 Å². The molecule has 0 saturated carbocycles. The second kappa shape index (κ2) is 12.3. The lowest BCUT2D eigenvalue weighted by Gasteiger charge is -2.12. The van der Waals surface area contributed by atoms with Gasteiger partial charge in [-0.05, 0) is 48.7 Å². The van der Waals surface area contributed by atoms with Crippen LogP contribution in [0.25, 0.3) is 22.3 Å². The van der Waals surface area contributed by atoms with E-state index in [0.717, 1.165) is 40.2 Å². The van der Waals surface area contributed by atoms with Crippen LogP contribution in [0.3, 0.4) is 0 Å². The molecule has 0 saturated heterocycles. The minimum Gasteiger partial charge on any atom is -0.494 e. The van der Waals surface area contributed by atoms with Crippen LogP contribution in [-0.2, 0) is 0 Å². The van der Waals surface area contributed by atoms with Gasteiger partial charge in [0.15, 0.2) is 0 Å². The zero-order chi connectivity index (χ0) is 23.5. The summed E-state index contributed by atoms with van der Waals surface area (Å²) in [5.74, 6) is 1.60. The van der Waals surface area contributed by atoms with E-state index in [1.165, 1.54) is 25.7 Å². The van der Waals surface area contributed by atoms with E-state index in [1.807, 2.05) is 67.6 Å². The van der Waals surface area contributed by atoms with Crippen molar-refractivity contribution in [3.8, 4) is 45.9 Å². The molecule has 0 spiro atoms. The van der Waals surface area contributed by atoms with Gasteiger partial charge in [-0.3, -0.25) is 0 Å². The topological polar surface area (TPSA) is 66.0 Å². The number of rotatable bonds is 11. The summed E-state index contributed by atoms with van der Waals surface area (Å²) in [6.45, 7) is 5.46. The van der Waals surface area contributed by atoms with Gasteiger partial charge in [-0.15, -0.1) is 0 Å². The molecule has 0 aliphatic rings. The minimum absolute atomic E-state index is 0.381. The molecule has 4 nitrogen and oxygen atoms in total. The predicted molar refractivity (Wildman–Crippen MR) is 132 cm³/mol. The third-order valence-corrected chi connectivity index (χ3v) is 5.59. The quantitative estimate of drug-likeness (QED) is 0.290. The number of nitriles is 2. The average Bonchev–Trinajstić information content (AvgIpc) is 2.86. The van der Waals surface area contributed by atoms with Crippen molar-refractivity contribution in [3.05, 3.63) is 71.8 Å². The van der Waals surface area contributed by atoms with Gasteiger partial charge >= 0.3 is 0 Å². The number of hydrogen-bond acceptors (Lipinski definition) is 4. The zero-order valence-electron chi connectivity index (χ0n) is 19.4. The first-order chi connectivity index (χ1) is 16.2. The third-order valence-electron chi connectivity index (χ3n) is 5.59. The minimum atomic E-state index is 0.381. The Kier molecular flexibility index (Phi) is 8.92. The summed E-state index contributed by atoms with van der Waals surface area (Å²) in [7, 11) is 0. The highest BCUT2D eigenvalue weighted by Gasteiger charge is 2.16. The van der Waals surface area contributed by atoms with Crippen LogP contribution in [0.2, 0.25) is 0 Å². The summed E-state index contributed by atoms with van der Waals surface area (Å²) in [5, 5.41) is 19.8. The van der Waals surface area contributed by atoms with Crippen molar-refractivity contribution in [2.45, 2.75) is 46.0 Å². The van der Waals surface area contributed by atoms with Gasteiger partial charge in [0, 0.05) is 11.1 Å². The normalized spacial score (nSPS) is 10.3. The maximum atomic E-state index is 9.89. The number of nitrogens with zero attached hydrogens (tertiary/aromatic N) is 2. The van der Waals surface area contributed by atoms with E-state index in [1.54, 1.807) is 0 Å². The highest BCUT2D eigenvalue weighted by molar-refractivity contribution is 5.82. The second-order valence-corrected chi connectivity index (χ2v) is 7.88.